The molecule has 2 amide bonds. The number of hydrogen-bond donors (Lipinski definition) is 0. The van der Waals surface area contributed by atoms with E-state index in [9.17, 15) is 9.59 Å². The van der Waals surface area contributed by atoms with Crippen molar-refractivity contribution >= 4 is 12.0 Å². The van der Waals surface area contributed by atoms with E-state index in [1.165, 1.54) is 7.11 Å². The van der Waals surface area contributed by atoms with E-state index in [2.05, 4.69) is 4.74 Å². The molecule has 0 aromatic rings. The number of rotatable bonds is 3. The highest BCUT2D eigenvalue weighted by molar-refractivity contribution is 5.82. The van der Waals surface area contributed by atoms with Crippen LogP contribution in [0.5, 0.6) is 0 Å². The molecule has 2 saturated heterocycles. The first-order valence-electron chi connectivity index (χ1n) is 6.29. The molecule has 6 nitrogen and oxygen atoms in total. The van der Waals surface area contributed by atoms with E-state index in [0.717, 1.165) is 26.1 Å². The molecule has 18 heavy (non-hydrogen) atoms. The van der Waals surface area contributed by atoms with Crippen molar-refractivity contribution in [3.8, 4) is 0 Å². The van der Waals surface area contributed by atoms with Gasteiger partial charge >= 0.3 is 12.0 Å². The smallest absolute Gasteiger partial charge is 0.325 e. The van der Waals surface area contributed by atoms with E-state index in [1.807, 2.05) is 0 Å². The molecular formula is C12H20N2O4. The standard InChI is InChI=1S/C12H20N2O4/c1-13-10(9-3-5-18-6-4-9)7-14(12(13)16)8-11(15)17-2/h9-10H,3-8H2,1-2H3. The Labute approximate surface area is 107 Å². The highest BCUT2D eigenvalue weighted by Gasteiger charge is 2.40. The number of amides is 2. The second-order valence-corrected chi connectivity index (χ2v) is 4.87. The van der Waals surface area contributed by atoms with Gasteiger partial charge in [0.15, 0.2) is 0 Å². The number of carbonyl (C=O) groups excluding carboxylic acids is 2. The SMILES string of the molecule is COC(=O)CN1CC(C2CCOCC2)N(C)C1=O. The van der Waals surface area contributed by atoms with E-state index in [-0.39, 0.29) is 24.6 Å². The van der Waals surface area contributed by atoms with Gasteiger partial charge in [-0.25, -0.2) is 4.79 Å². The molecule has 102 valence electrons. The van der Waals surface area contributed by atoms with Crippen molar-refractivity contribution in [2.75, 3.05) is 40.5 Å². The van der Waals surface area contributed by atoms with Gasteiger partial charge in [0.2, 0.25) is 0 Å². The third-order valence-electron chi connectivity index (χ3n) is 3.83. The predicted molar refractivity (Wildman–Crippen MR) is 64.1 cm³/mol. The Bertz CT molecular complexity index is 328. The van der Waals surface area contributed by atoms with Gasteiger partial charge in [-0.3, -0.25) is 4.79 Å². The fourth-order valence-electron chi connectivity index (χ4n) is 2.71. The summed E-state index contributed by atoms with van der Waals surface area (Å²) in [6, 6.07) is 0.1000. The number of ether oxygens (including phenoxy) is 2. The minimum atomic E-state index is -0.371. The van der Waals surface area contributed by atoms with E-state index >= 15 is 0 Å². The van der Waals surface area contributed by atoms with Crippen LogP contribution >= 0.6 is 0 Å². The van der Waals surface area contributed by atoms with Crippen LogP contribution in [-0.2, 0) is 14.3 Å². The summed E-state index contributed by atoms with van der Waals surface area (Å²) >= 11 is 0. The van der Waals surface area contributed by atoms with Crippen molar-refractivity contribution in [3.05, 3.63) is 0 Å². The third-order valence-corrected chi connectivity index (χ3v) is 3.83. The number of methoxy groups -OCH3 is 1. The lowest BCUT2D eigenvalue weighted by atomic mass is 9.91. The van der Waals surface area contributed by atoms with Crippen molar-refractivity contribution in [2.24, 2.45) is 5.92 Å². The first-order chi connectivity index (χ1) is 8.63. The molecule has 1 unspecified atom stereocenters. The largest absolute Gasteiger partial charge is 0.468 e. The number of likely N-dealkylation sites (N-methyl/N-ethyl adjacent to an activating group) is 1. The van der Waals surface area contributed by atoms with E-state index in [1.54, 1.807) is 16.8 Å². The molecule has 2 aliphatic rings. The zero-order valence-corrected chi connectivity index (χ0v) is 10.9. The first-order valence-corrected chi connectivity index (χ1v) is 6.29. The maximum Gasteiger partial charge on any atom is 0.325 e. The summed E-state index contributed by atoms with van der Waals surface area (Å²) in [6.45, 7) is 2.18. The molecule has 0 radical (unpaired) electrons. The van der Waals surface area contributed by atoms with Gasteiger partial charge in [-0.05, 0) is 18.8 Å². The lowest BCUT2D eigenvalue weighted by Gasteiger charge is -2.30. The summed E-state index contributed by atoms with van der Waals surface area (Å²) in [4.78, 5) is 26.6. The van der Waals surface area contributed by atoms with Crippen LogP contribution in [0.1, 0.15) is 12.8 Å². The van der Waals surface area contributed by atoms with Gasteiger partial charge in [-0.15, -0.1) is 0 Å². The average molecular weight is 256 g/mol. The van der Waals surface area contributed by atoms with E-state index in [4.69, 9.17) is 4.74 Å². The normalized spacial score (nSPS) is 25.7. The van der Waals surface area contributed by atoms with Gasteiger partial charge in [0, 0.05) is 26.8 Å². The molecule has 0 aromatic heterocycles. The molecule has 0 bridgehead atoms. The molecular weight excluding hydrogens is 236 g/mol. The molecule has 1 atom stereocenters. The van der Waals surface area contributed by atoms with Crippen LogP contribution in [-0.4, -0.2) is 68.3 Å². The molecule has 0 N–H and O–H groups in total. The molecule has 2 rings (SSSR count). The van der Waals surface area contributed by atoms with Gasteiger partial charge in [-0.1, -0.05) is 0 Å². The Morgan fingerprint density at radius 2 is 2.11 bits per heavy atom. The first kappa shape index (κ1) is 13.1. The molecule has 0 aliphatic carbocycles. The summed E-state index contributed by atoms with van der Waals surface area (Å²) in [7, 11) is 3.14. The minimum Gasteiger partial charge on any atom is -0.468 e. The molecule has 2 aliphatic heterocycles. The lowest BCUT2D eigenvalue weighted by Crippen LogP contribution is -2.38. The van der Waals surface area contributed by atoms with E-state index < -0.39 is 0 Å². The summed E-state index contributed by atoms with van der Waals surface area (Å²) in [6.07, 6.45) is 1.96. The van der Waals surface area contributed by atoms with Gasteiger partial charge in [0.1, 0.15) is 6.54 Å². The fourth-order valence-corrected chi connectivity index (χ4v) is 2.71. The number of hydrogen-bond acceptors (Lipinski definition) is 4. The van der Waals surface area contributed by atoms with Crippen molar-refractivity contribution in [3.63, 3.8) is 0 Å². The number of esters is 1. The fraction of sp³-hybridized carbons (Fsp3) is 0.833. The van der Waals surface area contributed by atoms with Crippen LogP contribution in [0, 0.1) is 5.92 Å². The Balaban J connectivity index is 1.97. The number of carbonyl (C=O) groups is 2. The molecule has 2 heterocycles. The second kappa shape index (κ2) is 5.56. The number of urea groups is 1. The molecule has 6 heteroatoms. The molecule has 0 aromatic carbocycles. The summed E-state index contributed by atoms with van der Waals surface area (Å²) < 4.78 is 9.94. The summed E-state index contributed by atoms with van der Waals surface area (Å²) in [5.74, 6) is 0.0970. The Morgan fingerprint density at radius 1 is 1.44 bits per heavy atom. The van der Waals surface area contributed by atoms with Gasteiger partial charge in [0.05, 0.1) is 13.2 Å². The maximum absolute atomic E-state index is 12.0. The summed E-state index contributed by atoms with van der Waals surface area (Å²) in [5.41, 5.74) is 0. The van der Waals surface area contributed by atoms with Crippen molar-refractivity contribution in [1.82, 2.24) is 9.80 Å². The highest BCUT2D eigenvalue weighted by Crippen LogP contribution is 2.27. The van der Waals surface area contributed by atoms with Crippen molar-refractivity contribution in [1.29, 1.82) is 0 Å². The molecule has 0 saturated carbocycles. The Hall–Kier alpha value is -1.30. The van der Waals surface area contributed by atoms with Crippen LogP contribution in [0.2, 0.25) is 0 Å². The van der Waals surface area contributed by atoms with Crippen LogP contribution in [0.4, 0.5) is 4.79 Å². The monoisotopic (exact) mass is 256 g/mol. The van der Waals surface area contributed by atoms with Crippen LogP contribution in [0.25, 0.3) is 0 Å². The van der Waals surface area contributed by atoms with Crippen LogP contribution in [0.15, 0.2) is 0 Å². The lowest BCUT2D eigenvalue weighted by molar-refractivity contribution is -0.141. The van der Waals surface area contributed by atoms with Gasteiger partial charge in [0.25, 0.3) is 0 Å². The third kappa shape index (κ3) is 2.58. The zero-order chi connectivity index (χ0) is 13.1. The zero-order valence-electron chi connectivity index (χ0n) is 10.9. The van der Waals surface area contributed by atoms with Gasteiger partial charge in [-0.2, -0.15) is 0 Å². The highest BCUT2D eigenvalue weighted by atomic mass is 16.5. The quantitative estimate of drug-likeness (QED) is 0.682. The Kier molecular flexibility index (Phi) is 4.06. The second-order valence-electron chi connectivity index (χ2n) is 4.87. The van der Waals surface area contributed by atoms with Gasteiger partial charge < -0.3 is 19.3 Å². The minimum absolute atomic E-state index is 0.0411. The van der Waals surface area contributed by atoms with Crippen LogP contribution < -0.4 is 0 Å². The molecule has 0 spiro atoms. The summed E-state index contributed by atoms with van der Waals surface area (Å²) in [5, 5.41) is 0. The van der Waals surface area contributed by atoms with Crippen molar-refractivity contribution < 1.29 is 19.1 Å². The topological polar surface area (TPSA) is 59.1 Å². The maximum atomic E-state index is 12.0. The van der Waals surface area contributed by atoms with Crippen molar-refractivity contribution in [2.45, 2.75) is 18.9 Å². The average Bonchev–Trinajstić information content (AvgIpc) is 2.68. The molecule has 2 fully saturated rings. The predicted octanol–water partition coefficient (Wildman–Crippen LogP) is 0.322. The Morgan fingerprint density at radius 3 is 2.72 bits per heavy atom. The van der Waals surface area contributed by atoms with E-state index in [0.29, 0.717) is 12.5 Å². The number of nitrogens with zero attached hydrogens (tertiary/aromatic N) is 2. The van der Waals surface area contributed by atoms with Crippen LogP contribution in [0.3, 0.4) is 0 Å².